The standard InChI is InChI=1S/C25H20FN3O/c1-15-8-7-13-21-22(15)23(17-10-3-5-11-19(17)26)28-24(25(30)29(21)2)18-14-27-20-12-6-4-9-16(18)20/h3-14,24,27H,1-2H3/t24-/m1/s1. The number of rotatable bonds is 2. The molecule has 0 radical (unpaired) electrons. The number of likely N-dealkylation sites (N-methyl/N-ethyl adjacent to an activating group) is 1. The molecule has 5 heteroatoms. The Kier molecular flexibility index (Phi) is 4.24. The Morgan fingerprint density at radius 2 is 1.77 bits per heavy atom. The third-order valence-corrected chi connectivity index (χ3v) is 5.72. The van der Waals surface area contributed by atoms with Crippen molar-refractivity contribution in [1.29, 1.82) is 0 Å². The topological polar surface area (TPSA) is 48.5 Å². The van der Waals surface area contributed by atoms with E-state index in [0.717, 1.165) is 33.3 Å². The van der Waals surface area contributed by atoms with Gasteiger partial charge in [0.15, 0.2) is 6.04 Å². The van der Waals surface area contributed by atoms with Crippen LogP contribution in [0.5, 0.6) is 0 Å². The fourth-order valence-electron chi connectivity index (χ4n) is 4.17. The number of nitrogens with zero attached hydrogens (tertiary/aromatic N) is 2. The van der Waals surface area contributed by atoms with E-state index in [1.807, 2.05) is 55.6 Å². The van der Waals surface area contributed by atoms with E-state index in [1.165, 1.54) is 6.07 Å². The van der Waals surface area contributed by atoms with Crippen molar-refractivity contribution >= 4 is 28.2 Å². The Labute approximate surface area is 173 Å². The number of nitrogens with one attached hydrogen (secondary N) is 1. The summed E-state index contributed by atoms with van der Waals surface area (Å²) in [4.78, 5) is 23.3. The Hall–Kier alpha value is -3.73. The van der Waals surface area contributed by atoms with Crippen molar-refractivity contribution < 1.29 is 9.18 Å². The second kappa shape index (κ2) is 6.95. The van der Waals surface area contributed by atoms with E-state index in [4.69, 9.17) is 4.99 Å². The lowest BCUT2D eigenvalue weighted by atomic mass is 9.95. The average Bonchev–Trinajstić information content (AvgIpc) is 3.14. The molecule has 1 N–H and O–H groups in total. The molecule has 0 spiro atoms. The minimum absolute atomic E-state index is 0.155. The predicted molar refractivity (Wildman–Crippen MR) is 118 cm³/mol. The van der Waals surface area contributed by atoms with Gasteiger partial charge < -0.3 is 9.88 Å². The van der Waals surface area contributed by atoms with Gasteiger partial charge in [0.05, 0.1) is 11.4 Å². The summed E-state index contributed by atoms with van der Waals surface area (Å²) in [6.07, 6.45) is 1.83. The van der Waals surface area contributed by atoms with Gasteiger partial charge in [-0.1, -0.05) is 42.5 Å². The second-order valence-electron chi connectivity index (χ2n) is 7.52. The predicted octanol–water partition coefficient (Wildman–Crippen LogP) is 5.17. The number of carbonyl (C=O) groups is 1. The van der Waals surface area contributed by atoms with E-state index >= 15 is 0 Å². The molecule has 0 bridgehead atoms. The van der Waals surface area contributed by atoms with E-state index in [-0.39, 0.29) is 11.7 Å². The first kappa shape index (κ1) is 18.3. The summed E-state index contributed by atoms with van der Waals surface area (Å²) in [5.41, 5.74) is 5.04. The maximum Gasteiger partial charge on any atom is 0.256 e. The molecule has 4 nitrogen and oxygen atoms in total. The monoisotopic (exact) mass is 397 g/mol. The molecule has 2 heterocycles. The van der Waals surface area contributed by atoms with E-state index in [1.54, 1.807) is 30.1 Å². The minimum atomic E-state index is -0.785. The number of benzodiazepines with no additional fused rings is 1. The van der Waals surface area contributed by atoms with Crippen molar-refractivity contribution in [3.8, 4) is 0 Å². The summed E-state index contributed by atoms with van der Waals surface area (Å²) in [6, 6.07) is 19.4. The highest BCUT2D eigenvalue weighted by Crippen LogP contribution is 2.36. The normalized spacial score (nSPS) is 16.4. The van der Waals surface area contributed by atoms with Crippen LogP contribution in [0, 0.1) is 12.7 Å². The lowest BCUT2D eigenvalue weighted by molar-refractivity contribution is -0.119. The second-order valence-corrected chi connectivity index (χ2v) is 7.52. The number of benzene rings is 3. The van der Waals surface area contributed by atoms with Gasteiger partial charge >= 0.3 is 0 Å². The van der Waals surface area contributed by atoms with Gasteiger partial charge in [-0.2, -0.15) is 0 Å². The van der Waals surface area contributed by atoms with Crippen LogP contribution in [0.2, 0.25) is 0 Å². The van der Waals surface area contributed by atoms with Gasteiger partial charge in [0.25, 0.3) is 5.91 Å². The van der Waals surface area contributed by atoms with Gasteiger partial charge in [-0.05, 0) is 36.8 Å². The minimum Gasteiger partial charge on any atom is -0.361 e. The fourth-order valence-corrected chi connectivity index (χ4v) is 4.17. The van der Waals surface area contributed by atoms with Crippen LogP contribution in [0.4, 0.5) is 10.1 Å². The smallest absolute Gasteiger partial charge is 0.256 e. The molecule has 1 aliphatic rings. The van der Waals surface area contributed by atoms with Crippen molar-refractivity contribution in [3.63, 3.8) is 0 Å². The Balaban J connectivity index is 1.82. The molecular weight excluding hydrogens is 377 g/mol. The lowest BCUT2D eigenvalue weighted by Gasteiger charge is -2.21. The number of amides is 1. The van der Waals surface area contributed by atoms with E-state index in [9.17, 15) is 9.18 Å². The summed E-state index contributed by atoms with van der Waals surface area (Å²) in [5, 5.41) is 0.934. The number of aromatic amines is 1. The summed E-state index contributed by atoms with van der Waals surface area (Å²) in [5.74, 6) is -0.516. The van der Waals surface area contributed by atoms with Crippen LogP contribution < -0.4 is 4.90 Å². The van der Waals surface area contributed by atoms with Gasteiger partial charge in [-0.3, -0.25) is 9.79 Å². The Morgan fingerprint density at radius 1 is 1.00 bits per heavy atom. The van der Waals surface area contributed by atoms with Crippen LogP contribution in [0.3, 0.4) is 0 Å². The van der Waals surface area contributed by atoms with Gasteiger partial charge in [0.1, 0.15) is 5.82 Å². The highest BCUT2D eigenvalue weighted by Gasteiger charge is 2.33. The van der Waals surface area contributed by atoms with Crippen molar-refractivity contribution in [2.24, 2.45) is 4.99 Å². The van der Waals surface area contributed by atoms with Gasteiger partial charge in [-0.15, -0.1) is 0 Å². The molecule has 1 aliphatic heterocycles. The van der Waals surface area contributed by atoms with Crippen LogP contribution >= 0.6 is 0 Å². The molecule has 0 fully saturated rings. The van der Waals surface area contributed by atoms with Crippen LogP contribution in [0.25, 0.3) is 10.9 Å². The van der Waals surface area contributed by atoms with Crippen molar-refractivity contribution in [3.05, 3.63) is 101 Å². The molecular formula is C25H20FN3O. The van der Waals surface area contributed by atoms with Gasteiger partial charge in [-0.25, -0.2) is 4.39 Å². The summed E-state index contributed by atoms with van der Waals surface area (Å²) in [6.45, 7) is 1.96. The average molecular weight is 397 g/mol. The highest BCUT2D eigenvalue weighted by molar-refractivity contribution is 6.21. The third-order valence-electron chi connectivity index (χ3n) is 5.72. The largest absolute Gasteiger partial charge is 0.361 e. The molecule has 1 atom stereocenters. The molecule has 0 aliphatic carbocycles. The van der Waals surface area contributed by atoms with Gasteiger partial charge in [0, 0.05) is 40.8 Å². The Morgan fingerprint density at radius 3 is 2.60 bits per heavy atom. The molecule has 30 heavy (non-hydrogen) atoms. The zero-order valence-corrected chi connectivity index (χ0v) is 16.7. The summed E-state index contributed by atoms with van der Waals surface area (Å²) < 4.78 is 14.9. The molecule has 0 unspecified atom stereocenters. The molecule has 148 valence electrons. The molecule has 5 rings (SSSR count). The number of halogens is 1. The molecule has 1 aromatic heterocycles. The maximum absolute atomic E-state index is 14.9. The van der Waals surface area contributed by atoms with E-state index in [2.05, 4.69) is 4.98 Å². The number of anilines is 1. The molecule has 1 amide bonds. The number of para-hydroxylation sites is 1. The maximum atomic E-state index is 14.9. The van der Waals surface area contributed by atoms with Crippen molar-refractivity contribution in [1.82, 2.24) is 4.98 Å². The molecule has 3 aromatic carbocycles. The number of aliphatic imine (C=N–C) groups is 1. The highest BCUT2D eigenvalue weighted by atomic mass is 19.1. The summed E-state index contributed by atoms with van der Waals surface area (Å²) >= 11 is 0. The molecule has 4 aromatic rings. The van der Waals surface area contributed by atoms with Crippen molar-refractivity contribution in [2.75, 3.05) is 11.9 Å². The SMILES string of the molecule is Cc1cccc2c1C(c1ccccc1F)=N[C@H](c1c[nH]c3ccccc13)C(=O)N2C. The van der Waals surface area contributed by atoms with E-state index < -0.39 is 6.04 Å². The number of aryl methyl sites for hydroxylation is 1. The summed E-state index contributed by atoms with van der Waals surface area (Å²) in [7, 11) is 1.75. The first-order valence-corrected chi connectivity index (χ1v) is 9.82. The number of hydrogen-bond acceptors (Lipinski definition) is 2. The first-order valence-electron chi connectivity index (χ1n) is 9.82. The third kappa shape index (κ3) is 2.74. The number of hydrogen-bond donors (Lipinski definition) is 1. The van der Waals surface area contributed by atoms with Crippen molar-refractivity contribution in [2.45, 2.75) is 13.0 Å². The lowest BCUT2D eigenvalue weighted by Crippen LogP contribution is -2.30. The number of carbonyl (C=O) groups excluding carboxylic acids is 1. The number of aromatic nitrogens is 1. The quantitative estimate of drug-likeness (QED) is 0.498. The number of fused-ring (bicyclic) bond motifs is 2. The first-order chi connectivity index (χ1) is 14.6. The van der Waals surface area contributed by atoms with Crippen LogP contribution in [0.1, 0.15) is 28.3 Å². The van der Waals surface area contributed by atoms with Gasteiger partial charge in [0.2, 0.25) is 0 Å². The number of H-pyrrole nitrogens is 1. The Bertz CT molecular complexity index is 1320. The van der Waals surface area contributed by atoms with Crippen LogP contribution in [-0.2, 0) is 4.79 Å². The fraction of sp³-hybridized carbons (Fsp3) is 0.120. The zero-order chi connectivity index (χ0) is 20.8. The van der Waals surface area contributed by atoms with Crippen LogP contribution in [-0.4, -0.2) is 23.7 Å². The van der Waals surface area contributed by atoms with E-state index in [0.29, 0.717) is 11.3 Å². The molecule has 0 saturated carbocycles. The zero-order valence-electron chi connectivity index (χ0n) is 16.7. The van der Waals surface area contributed by atoms with Crippen LogP contribution in [0.15, 0.2) is 77.9 Å². The molecule has 0 saturated heterocycles.